The molecule has 0 aliphatic heterocycles. The average molecular weight is 448 g/mol. The van der Waals surface area contributed by atoms with E-state index in [4.69, 9.17) is 22.9 Å². The molecule has 0 saturated carbocycles. The van der Waals surface area contributed by atoms with Crippen molar-refractivity contribution in [1.29, 1.82) is 0 Å². The zero-order valence-electron chi connectivity index (χ0n) is 19.8. The molecule has 0 aromatic rings. The molecule has 0 amide bonds. The molecule has 0 rings (SSSR count). The Morgan fingerprint density at radius 3 is 1.03 bits per heavy atom. The summed E-state index contributed by atoms with van der Waals surface area (Å²) in [5.74, 6) is 0. The van der Waals surface area contributed by atoms with Crippen molar-refractivity contribution in [2.24, 2.45) is 22.9 Å². The molecule has 0 aliphatic carbocycles. The highest BCUT2D eigenvalue weighted by Gasteiger charge is 2.08. The Kier molecular flexibility index (Phi) is 25.5. The fourth-order valence-corrected chi connectivity index (χ4v) is 3.15. The molecule has 0 saturated heterocycles. The second-order valence-electron chi connectivity index (χ2n) is 7.59. The van der Waals surface area contributed by atoms with E-state index in [0.29, 0.717) is 26.2 Å². The van der Waals surface area contributed by atoms with Gasteiger partial charge in [0.15, 0.2) is 0 Å². The van der Waals surface area contributed by atoms with Gasteiger partial charge in [0.05, 0.1) is 0 Å². The molecule has 0 heterocycles. The van der Waals surface area contributed by atoms with Gasteiger partial charge in [-0.2, -0.15) is 0 Å². The SMILES string of the molecule is NCCNCCNCCNCCNCCN(CCNCCN)CCN(CCN)CCN. The van der Waals surface area contributed by atoms with Crippen LogP contribution in [0.3, 0.4) is 0 Å². The van der Waals surface area contributed by atoms with Crippen LogP contribution in [0.4, 0.5) is 0 Å². The van der Waals surface area contributed by atoms with Crippen LogP contribution in [0.5, 0.6) is 0 Å². The van der Waals surface area contributed by atoms with Crippen LogP contribution >= 0.6 is 0 Å². The first-order valence-corrected chi connectivity index (χ1v) is 12.1. The molecule has 0 aromatic heterocycles. The Bertz CT molecular complexity index is 330. The smallest absolute Gasteiger partial charge is 0.0110 e. The lowest BCUT2D eigenvalue weighted by Crippen LogP contribution is -2.44. The average Bonchev–Trinajstić information content (AvgIpc) is 2.77. The fourth-order valence-electron chi connectivity index (χ4n) is 3.15. The van der Waals surface area contributed by atoms with Gasteiger partial charge in [-0.1, -0.05) is 0 Å². The standard InChI is InChI=1S/C20H53N11/c21-1-5-25-7-8-27-9-10-28-11-12-29-14-18-31(17-13-26-6-2-22)20-19-30(15-3-23)16-4-24/h25-29H,1-24H2. The van der Waals surface area contributed by atoms with Crippen LogP contribution in [-0.4, -0.2) is 141 Å². The van der Waals surface area contributed by atoms with Gasteiger partial charge in [-0.25, -0.2) is 0 Å². The van der Waals surface area contributed by atoms with E-state index >= 15 is 0 Å². The van der Waals surface area contributed by atoms with E-state index in [0.717, 1.165) is 105 Å². The molecule has 188 valence electrons. The second kappa shape index (κ2) is 25.8. The van der Waals surface area contributed by atoms with Gasteiger partial charge in [-0.05, 0) is 0 Å². The number of hydrogen-bond acceptors (Lipinski definition) is 11. The van der Waals surface area contributed by atoms with Crippen molar-refractivity contribution < 1.29 is 0 Å². The monoisotopic (exact) mass is 447 g/mol. The number of hydrogen-bond donors (Lipinski definition) is 9. The summed E-state index contributed by atoms with van der Waals surface area (Å²) in [6.45, 7) is 18.1. The van der Waals surface area contributed by atoms with E-state index in [1.807, 2.05) is 0 Å². The van der Waals surface area contributed by atoms with Crippen LogP contribution < -0.4 is 49.5 Å². The lowest BCUT2D eigenvalue weighted by molar-refractivity contribution is 0.209. The Labute approximate surface area is 190 Å². The number of nitrogens with zero attached hydrogens (tertiary/aromatic N) is 2. The molecule has 11 nitrogen and oxygen atoms in total. The van der Waals surface area contributed by atoms with Crippen molar-refractivity contribution in [2.75, 3.05) is 131 Å². The molecule has 0 aromatic carbocycles. The molecule has 0 spiro atoms. The van der Waals surface area contributed by atoms with Gasteiger partial charge >= 0.3 is 0 Å². The molecule has 0 radical (unpaired) electrons. The maximum atomic E-state index is 5.72. The molecule has 0 atom stereocenters. The van der Waals surface area contributed by atoms with Gasteiger partial charge in [0.25, 0.3) is 0 Å². The van der Waals surface area contributed by atoms with Crippen LogP contribution in [0.1, 0.15) is 0 Å². The Morgan fingerprint density at radius 2 is 0.645 bits per heavy atom. The van der Waals surface area contributed by atoms with Crippen molar-refractivity contribution >= 4 is 0 Å². The minimum absolute atomic E-state index is 0.674. The normalized spacial score (nSPS) is 11.8. The largest absolute Gasteiger partial charge is 0.329 e. The summed E-state index contributed by atoms with van der Waals surface area (Å²) in [7, 11) is 0. The third-order valence-corrected chi connectivity index (χ3v) is 4.91. The summed E-state index contributed by atoms with van der Waals surface area (Å²) < 4.78 is 0. The summed E-state index contributed by atoms with van der Waals surface area (Å²) in [6, 6.07) is 0. The van der Waals surface area contributed by atoms with Crippen LogP contribution in [-0.2, 0) is 0 Å². The van der Waals surface area contributed by atoms with Crippen molar-refractivity contribution in [3.63, 3.8) is 0 Å². The second-order valence-corrected chi connectivity index (χ2v) is 7.59. The summed E-state index contributed by atoms with van der Waals surface area (Å²) in [5.41, 5.74) is 22.5. The minimum Gasteiger partial charge on any atom is -0.329 e. The third-order valence-electron chi connectivity index (χ3n) is 4.91. The minimum atomic E-state index is 0.674. The van der Waals surface area contributed by atoms with E-state index in [9.17, 15) is 0 Å². The van der Waals surface area contributed by atoms with E-state index in [1.165, 1.54) is 0 Å². The van der Waals surface area contributed by atoms with Gasteiger partial charge in [0, 0.05) is 131 Å². The van der Waals surface area contributed by atoms with Gasteiger partial charge < -0.3 is 49.5 Å². The van der Waals surface area contributed by atoms with E-state index in [-0.39, 0.29) is 0 Å². The van der Waals surface area contributed by atoms with E-state index < -0.39 is 0 Å². The van der Waals surface area contributed by atoms with E-state index in [2.05, 4.69) is 36.4 Å². The first kappa shape index (κ1) is 30.6. The highest BCUT2D eigenvalue weighted by atomic mass is 15.2. The van der Waals surface area contributed by atoms with Crippen LogP contribution in [0.2, 0.25) is 0 Å². The molecule has 0 bridgehead atoms. The topological polar surface area (TPSA) is 171 Å². The summed E-state index contributed by atoms with van der Waals surface area (Å²) >= 11 is 0. The first-order chi connectivity index (χ1) is 15.3. The van der Waals surface area contributed by atoms with E-state index in [1.54, 1.807) is 0 Å². The van der Waals surface area contributed by atoms with Gasteiger partial charge in [0.1, 0.15) is 0 Å². The summed E-state index contributed by atoms with van der Waals surface area (Å²) in [4.78, 5) is 4.84. The van der Waals surface area contributed by atoms with Crippen LogP contribution in [0, 0.1) is 0 Å². The molecule has 0 fully saturated rings. The maximum absolute atomic E-state index is 5.72. The molecular weight excluding hydrogens is 394 g/mol. The molecule has 0 unspecified atom stereocenters. The molecule has 11 heteroatoms. The Balaban J connectivity index is 3.82. The lowest BCUT2D eigenvalue weighted by Gasteiger charge is -2.27. The maximum Gasteiger partial charge on any atom is 0.0110 e. The first-order valence-electron chi connectivity index (χ1n) is 12.1. The predicted molar refractivity (Wildman–Crippen MR) is 133 cm³/mol. The van der Waals surface area contributed by atoms with Crippen LogP contribution in [0.15, 0.2) is 0 Å². The Morgan fingerprint density at radius 1 is 0.323 bits per heavy atom. The third kappa shape index (κ3) is 22.5. The van der Waals surface area contributed by atoms with Crippen molar-refractivity contribution in [2.45, 2.75) is 0 Å². The molecule has 13 N–H and O–H groups in total. The van der Waals surface area contributed by atoms with Crippen molar-refractivity contribution in [3.8, 4) is 0 Å². The molecular formula is C20H53N11. The zero-order valence-corrected chi connectivity index (χ0v) is 19.8. The van der Waals surface area contributed by atoms with Gasteiger partial charge in [-0.3, -0.25) is 9.80 Å². The highest BCUT2D eigenvalue weighted by Crippen LogP contribution is 1.92. The zero-order chi connectivity index (χ0) is 22.8. The van der Waals surface area contributed by atoms with Gasteiger partial charge in [0.2, 0.25) is 0 Å². The van der Waals surface area contributed by atoms with Gasteiger partial charge in [-0.15, -0.1) is 0 Å². The Hall–Kier alpha value is -0.440. The van der Waals surface area contributed by atoms with Crippen molar-refractivity contribution in [3.05, 3.63) is 0 Å². The highest BCUT2D eigenvalue weighted by molar-refractivity contribution is 4.67. The lowest BCUT2D eigenvalue weighted by atomic mass is 10.3. The molecule has 0 aliphatic rings. The quantitative estimate of drug-likeness (QED) is 0.0584. The van der Waals surface area contributed by atoms with Crippen LogP contribution in [0.25, 0.3) is 0 Å². The number of rotatable bonds is 26. The number of nitrogens with one attached hydrogen (secondary N) is 5. The summed E-state index contributed by atoms with van der Waals surface area (Å²) in [6.07, 6.45) is 0. The fraction of sp³-hybridized carbons (Fsp3) is 1.00. The number of nitrogens with two attached hydrogens (primary N) is 4. The predicted octanol–water partition coefficient (Wildman–Crippen LogP) is -4.63. The van der Waals surface area contributed by atoms with Crippen molar-refractivity contribution in [1.82, 2.24) is 36.4 Å². The summed E-state index contributed by atoms with van der Waals surface area (Å²) in [5, 5.41) is 17.1. The molecule has 31 heavy (non-hydrogen) atoms.